The molecule has 0 bridgehead atoms. The highest BCUT2D eigenvalue weighted by Crippen LogP contribution is 2.25. The van der Waals surface area contributed by atoms with E-state index in [9.17, 15) is 5.11 Å². The third-order valence-corrected chi connectivity index (χ3v) is 3.83. The SMILES string of the molecule is Cc1cc(OCC2(O)CCOCC2)cc(C)c1C. The first-order valence-corrected chi connectivity index (χ1v) is 6.51. The van der Waals surface area contributed by atoms with Gasteiger partial charge < -0.3 is 14.6 Å². The molecule has 1 fully saturated rings. The van der Waals surface area contributed by atoms with Gasteiger partial charge in [0.25, 0.3) is 0 Å². The highest BCUT2D eigenvalue weighted by Gasteiger charge is 2.30. The molecular weight excluding hydrogens is 228 g/mol. The Morgan fingerprint density at radius 3 is 2.28 bits per heavy atom. The number of aliphatic hydroxyl groups is 1. The van der Waals surface area contributed by atoms with Crippen molar-refractivity contribution in [2.75, 3.05) is 19.8 Å². The largest absolute Gasteiger partial charge is 0.491 e. The van der Waals surface area contributed by atoms with Crippen LogP contribution in [0.25, 0.3) is 0 Å². The van der Waals surface area contributed by atoms with Gasteiger partial charge in [-0.25, -0.2) is 0 Å². The molecule has 18 heavy (non-hydrogen) atoms. The van der Waals surface area contributed by atoms with Crippen molar-refractivity contribution < 1.29 is 14.6 Å². The lowest BCUT2D eigenvalue weighted by Crippen LogP contribution is -2.41. The van der Waals surface area contributed by atoms with Gasteiger partial charge in [-0.05, 0) is 49.6 Å². The van der Waals surface area contributed by atoms with Crippen LogP contribution < -0.4 is 4.74 Å². The molecule has 0 radical (unpaired) electrons. The lowest BCUT2D eigenvalue weighted by Gasteiger charge is -2.31. The zero-order valence-corrected chi connectivity index (χ0v) is 11.5. The number of hydrogen-bond donors (Lipinski definition) is 1. The first kappa shape index (κ1) is 13.4. The lowest BCUT2D eigenvalue weighted by molar-refractivity contribution is -0.0855. The maximum absolute atomic E-state index is 10.3. The summed E-state index contributed by atoms with van der Waals surface area (Å²) in [5.41, 5.74) is 3.02. The number of benzene rings is 1. The van der Waals surface area contributed by atoms with Gasteiger partial charge in [0, 0.05) is 26.1 Å². The average Bonchev–Trinajstić information content (AvgIpc) is 2.34. The highest BCUT2D eigenvalue weighted by molar-refractivity contribution is 5.40. The fourth-order valence-electron chi connectivity index (χ4n) is 2.19. The molecule has 1 aliphatic heterocycles. The fraction of sp³-hybridized carbons (Fsp3) is 0.600. The summed E-state index contributed by atoms with van der Waals surface area (Å²) >= 11 is 0. The van der Waals surface area contributed by atoms with E-state index < -0.39 is 5.60 Å². The van der Waals surface area contributed by atoms with Crippen LogP contribution in [0.4, 0.5) is 0 Å². The van der Waals surface area contributed by atoms with Crippen LogP contribution in [-0.4, -0.2) is 30.5 Å². The van der Waals surface area contributed by atoms with E-state index in [2.05, 4.69) is 20.8 Å². The summed E-state index contributed by atoms with van der Waals surface area (Å²) in [5.74, 6) is 0.843. The molecule has 1 aromatic rings. The van der Waals surface area contributed by atoms with Gasteiger partial charge >= 0.3 is 0 Å². The molecule has 0 spiro atoms. The van der Waals surface area contributed by atoms with Gasteiger partial charge in [0.15, 0.2) is 0 Å². The standard InChI is InChI=1S/C15H22O3/c1-11-8-14(9-12(2)13(11)3)18-10-15(16)4-6-17-7-5-15/h8-9,16H,4-7,10H2,1-3H3. The van der Waals surface area contributed by atoms with Crippen molar-refractivity contribution in [2.24, 2.45) is 0 Å². The van der Waals surface area contributed by atoms with Crippen LogP contribution in [-0.2, 0) is 4.74 Å². The van der Waals surface area contributed by atoms with Crippen molar-refractivity contribution in [1.29, 1.82) is 0 Å². The molecule has 0 aliphatic carbocycles. The summed E-state index contributed by atoms with van der Waals surface area (Å²) in [7, 11) is 0. The van der Waals surface area contributed by atoms with Crippen LogP contribution >= 0.6 is 0 Å². The van der Waals surface area contributed by atoms with Gasteiger partial charge in [-0.3, -0.25) is 0 Å². The van der Waals surface area contributed by atoms with E-state index in [1.807, 2.05) is 12.1 Å². The molecule has 0 amide bonds. The molecule has 2 rings (SSSR count). The Hall–Kier alpha value is -1.06. The summed E-state index contributed by atoms with van der Waals surface area (Å²) in [4.78, 5) is 0. The van der Waals surface area contributed by atoms with E-state index in [-0.39, 0.29) is 0 Å². The molecule has 0 atom stereocenters. The summed E-state index contributed by atoms with van der Waals surface area (Å²) in [5, 5.41) is 10.3. The van der Waals surface area contributed by atoms with Crippen molar-refractivity contribution in [3.63, 3.8) is 0 Å². The lowest BCUT2D eigenvalue weighted by atomic mass is 9.95. The minimum atomic E-state index is -0.731. The smallest absolute Gasteiger partial charge is 0.120 e. The molecule has 0 saturated carbocycles. The Bertz CT molecular complexity index is 397. The number of rotatable bonds is 3. The average molecular weight is 250 g/mol. The minimum absolute atomic E-state index is 0.346. The normalized spacial score (nSPS) is 18.7. The van der Waals surface area contributed by atoms with Gasteiger partial charge in [0.1, 0.15) is 18.0 Å². The first-order chi connectivity index (χ1) is 8.50. The van der Waals surface area contributed by atoms with E-state index in [1.54, 1.807) is 0 Å². The van der Waals surface area contributed by atoms with Crippen molar-refractivity contribution in [3.05, 3.63) is 28.8 Å². The van der Waals surface area contributed by atoms with Gasteiger partial charge in [0.2, 0.25) is 0 Å². The monoisotopic (exact) mass is 250 g/mol. The van der Waals surface area contributed by atoms with Crippen molar-refractivity contribution in [2.45, 2.75) is 39.2 Å². The molecule has 0 aromatic heterocycles. The topological polar surface area (TPSA) is 38.7 Å². The van der Waals surface area contributed by atoms with E-state index in [0.29, 0.717) is 32.7 Å². The Morgan fingerprint density at radius 1 is 1.17 bits per heavy atom. The molecule has 100 valence electrons. The Kier molecular flexibility index (Phi) is 3.93. The van der Waals surface area contributed by atoms with Crippen LogP contribution in [0.15, 0.2) is 12.1 Å². The van der Waals surface area contributed by atoms with E-state index in [0.717, 1.165) is 5.75 Å². The third-order valence-electron chi connectivity index (χ3n) is 3.83. The Labute approximate surface area is 109 Å². The quantitative estimate of drug-likeness (QED) is 0.896. The molecule has 1 heterocycles. The van der Waals surface area contributed by atoms with E-state index in [4.69, 9.17) is 9.47 Å². The maximum Gasteiger partial charge on any atom is 0.120 e. The van der Waals surface area contributed by atoms with Gasteiger partial charge in [0.05, 0.1) is 0 Å². The summed E-state index contributed by atoms with van der Waals surface area (Å²) in [6.45, 7) is 7.85. The van der Waals surface area contributed by atoms with Crippen molar-refractivity contribution in [1.82, 2.24) is 0 Å². The van der Waals surface area contributed by atoms with Crippen LogP contribution in [0.5, 0.6) is 5.75 Å². The molecule has 1 saturated heterocycles. The summed E-state index contributed by atoms with van der Waals surface area (Å²) < 4.78 is 11.0. The third kappa shape index (κ3) is 3.03. The maximum atomic E-state index is 10.3. The van der Waals surface area contributed by atoms with Crippen LogP contribution in [0.3, 0.4) is 0 Å². The zero-order valence-electron chi connectivity index (χ0n) is 11.5. The van der Waals surface area contributed by atoms with Crippen LogP contribution in [0.1, 0.15) is 29.5 Å². The van der Waals surface area contributed by atoms with Gasteiger partial charge in [-0.2, -0.15) is 0 Å². The zero-order chi connectivity index (χ0) is 13.2. The second-order valence-corrected chi connectivity index (χ2v) is 5.31. The minimum Gasteiger partial charge on any atom is -0.491 e. The number of hydrogen-bond acceptors (Lipinski definition) is 3. The number of aryl methyl sites for hydroxylation is 2. The summed E-state index contributed by atoms with van der Waals surface area (Å²) in [6.07, 6.45) is 1.30. The van der Waals surface area contributed by atoms with Gasteiger partial charge in [-0.15, -0.1) is 0 Å². The molecule has 1 aromatic carbocycles. The molecule has 3 nitrogen and oxygen atoms in total. The first-order valence-electron chi connectivity index (χ1n) is 6.51. The van der Waals surface area contributed by atoms with Crippen LogP contribution in [0, 0.1) is 20.8 Å². The predicted molar refractivity (Wildman–Crippen MR) is 71.2 cm³/mol. The fourth-order valence-corrected chi connectivity index (χ4v) is 2.19. The molecular formula is C15H22O3. The second kappa shape index (κ2) is 5.29. The number of ether oxygens (including phenoxy) is 2. The molecule has 0 unspecified atom stereocenters. The Balaban J connectivity index is 2.01. The molecule has 1 aliphatic rings. The van der Waals surface area contributed by atoms with Gasteiger partial charge in [-0.1, -0.05) is 0 Å². The molecule has 1 N–H and O–H groups in total. The summed E-state index contributed by atoms with van der Waals surface area (Å²) in [6, 6.07) is 4.07. The Morgan fingerprint density at radius 2 is 1.72 bits per heavy atom. The van der Waals surface area contributed by atoms with E-state index >= 15 is 0 Å². The van der Waals surface area contributed by atoms with E-state index in [1.165, 1.54) is 16.7 Å². The molecule has 3 heteroatoms. The van der Waals surface area contributed by atoms with Crippen LogP contribution in [0.2, 0.25) is 0 Å². The second-order valence-electron chi connectivity index (χ2n) is 5.31. The van der Waals surface area contributed by atoms with Crippen molar-refractivity contribution in [3.8, 4) is 5.75 Å². The highest BCUT2D eigenvalue weighted by atomic mass is 16.5. The predicted octanol–water partition coefficient (Wildman–Crippen LogP) is 2.53. The van der Waals surface area contributed by atoms with Crippen molar-refractivity contribution >= 4 is 0 Å².